The van der Waals surface area contributed by atoms with Crippen LogP contribution in [0.2, 0.25) is 0 Å². The van der Waals surface area contributed by atoms with Gasteiger partial charge in [0, 0.05) is 30.0 Å². The highest BCUT2D eigenvalue weighted by Gasteiger charge is 2.61. The number of hydrazine groups is 3. The first-order valence-electron chi connectivity index (χ1n) is 11.7. The second-order valence-electron chi connectivity index (χ2n) is 9.00. The van der Waals surface area contributed by atoms with Crippen molar-refractivity contribution in [2.75, 3.05) is 6.61 Å². The number of hydrogen-bond acceptors (Lipinski definition) is 5. The van der Waals surface area contributed by atoms with Crippen LogP contribution in [0.5, 0.6) is 5.75 Å². The molecule has 41 heavy (non-hydrogen) atoms. The lowest BCUT2D eigenvalue weighted by Gasteiger charge is -2.42. The molecule has 0 aromatic heterocycles. The molecule has 0 bridgehead atoms. The van der Waals surface area contributed by atoms with Crippen LogP contribution < -0.4 is 26.5 Å². The molecule has 3 amide bonds. The molecule has 8 nitrogen and oxygen atoms in total. The predicted octanol–water partition coefficient (Wildman–Crippen LogP) is 5.12. The van der Waals surface area contributed by atoms with Crippen molar-refractivity contribution >= 4 is 17.5 Å². The molecule has 2 aromatic carbocycles. The Bertz CT molecular complexity index is 1350. The number of hydrogen-bond donors (Lipinski definition) is 4. The third kappa shape index (κ3) is 6.19. The van der Waals surface area contributed by atoms with Crippen LogP contribution in [0.1, 0.15) is 42.4 Å². The number of carbonyl (C=O) groups is 2. The van der Waals surface area contributed by atoms with E-state index in [4.69, 9.17) is 4.74 Å². The number of carbonyl (C=O) groups excluding carboxylic acids is 2. The topological polar surface area (TPSA) is 94.7 Å². The van der Waals surface area contributed by atoms with Crippen molar-refractivity contribution in [3.05, 3.63) is 70.7 Å². The van der Waals surface area contributed by atoms with Crippen LogP contribution >= 0.6 is 0 Å². The molecule has 2 aliphatic rings. The maximum absolute atomic E-state index is 15.3. The van der Waals surface area contributed by atoms with Crippen LogP contribution in [0.25, 0.3) is 5.57 Å². The van der Waals surface area contributed by atoms with Crippen molar-refractivity contribution in [1.29, 1.82) is 0 Å². The molecule has 0 aliphatic carbocycles. The molecule has 0 saturated carbocycles. The van der Waals surface area contributed by atoms with Crippen molar-refractivity contribution < 1.29 is 53.8 Å². The molecule has 4 N–H and O–H groups in total. The fourth-order valence-corrected chi connectivity index (χ4v) is 4.37. The lowest BCUT2D eigenvalue weighted by atomic mass is 9.77. The van der Waals surface area contributed by atoms with E-state index in [-0.39, 0.29) is 11.3 Å². The third-order valence-corrected chi connectivity index (χ3v) is 6.30. The Hall–Kier alpha value is -3.99. The summed E-state index contributed by atoms with van der Waals surface area (Å²) in [6.07, 6.45) is -15.6. The Kier molecular flexibility index (Phi) is 8.13. The van der Waals surface area contributed by atoms with Crippen LogP contribution in [0.4, 0.5) is 44.3 Å². The normalized spacial score (nSPS) is 20.0. The molecule has 0 radical (unpaired) electrons. The van der Waals surface area contributed by atoms with Gasteiger partial charge in [-0.15, -0.1) is 11.1 Å². The van der Waals surface area contributed by atoms with E-state index >= 15 is 4.39 Å². The minimum atomic E-state index is -5.35. The second kappa shape index (κ2) is 11.1. The molecule has 0 spiro atoms. The summed E-state index contributed by atoms with van der Waals surface area (Å²) in [6, 6.07) is 5.04. The average Bonchev–Trinajstić information content (AvgIpc) is 3.30. The second-order valence-corrected chi connectivity index (χ2v) is 9.00. The molecule has 17 heteroatoms. The fraction of sp³-hybridized carbons (Fsp3) is 0.333. The summed E-state index contributed by atoms with van der Waals surface area (Å²) < 4.78 is 128. The van der Waals surface area contributed by atoms with E-state index in [9.17, 15) is 44.7 Å². The number of benzene rings is 2. The van der Waals surface area contributed by atoms with Gasteiger partial charge in [-0.2, -0.15) is 26.3 Å². The number of halogens is 9. The van der Waals surface area contributed by atoms with Gasteiger partial charge in [-0.05, 0) is 29.7 Å². The first kappa shape index (κ1) is 30.0. The summed E-state index contributed by atoms with van der Waals surface area (Å²) in [7, 11) is 0. The zero-order valence-corrected chi connectivity index (χ0v) is 20.5. The maximum Gasteiger partial charge on any atom is 0.416 e. The summed E-state index contributed by atoms with van der Waals surface area (Å²) >= 11 is 0. The first-order valence-corrected chi connectivity index (χ1v) is 11.7. The Morgan fingerprint density at radius 2 is 1.68 bits per heavy atom. The molecule has 222 valence electrons. The Balaban J connectivity index is 1.77. The Morgan fingerprint density at radius 3 is 2.22 bits per heavy atom. The quantitative estimate of drug-likeness (QED) is 0.251. The summed E-state index contributed by atoms with van der Waals surface area (Å²) in [4.78, 5) is 25.5. The van der Waals surface area contributed by atoms with Crippen LogP contribution in [0, 0.1) is 5.82 Å². The van der Waals surface area contributed by atoms with E-state index in [1.807, 2.05) is 0 Å². The van der Waals surface area contributed by atoms with Gasteiger partial charge in [0.05, 0.1) is 6.61 Å². The first-order chi connectivity index (χ1) is 19.1. The monoisotopic (exact) mass is 597 g/mol. The number of rotatable bonds is 8. The molecule has 2 aliphatic heterocycles. The van der Waals surface area contributed by atoms with Crippen LogP contribution in [0.3, 0.4) is 0 Å². The molecule has 2 heterocycles. The zero-order valence-electron chi connectivity index (χ0n) is 20.5. The van der Waals surface area contributed by atoms with E-state index in [1.165, 1.54) is 0 Å². The lowest BCUT2D eigenvalue weighted by Crippen LogP contribution is -2.61. The van der Waals surface area contributed by atoms with Gasteiger partial charge in [0.2, 0.25) is 0 Å². The summed E-state index contributed by atoms with van der Waals surface area (Å²) in [5.74, 6) is -3.30. The number of alkyl halides is 8. The minimum Gasteiger partial charge on any atom is -0.493 e. The molecule has 1 atom stereocenters. The maximum atomic E-state index is 15.3. The molecular weight excluding hydrogens is 577 g/mol. The molecule has 0 unspecified atom stereocenters. The molecule has 1 fully saturated rings. The van der Waals surface area contributed by atoms with Gasteiger partial charge >= 0.3 is 18.4 Å². The SMILES string of the molecule is O=C1N[C@@](c2ccc(OCCCC(F)(F)F)cc2F)(C(F)(F)F)CC(c2ccc(C(F)F)cc2)=C1N1NNNC1=O. The van der Waals surface area contributed by atoms with Crippen molar-refractivity contribution in [2.24, 2.45) is 0 Å². The van der Waals surface area contributed by atoms with Gasteiger partial charge in [0.1, 0.15) is 17.3 Å². The standard InChI is InChI=1S/C24H20F9N5O3/c25-17-10-14(41-9-1-8-23(28,29)30)6-7-16(17)22(24(31,32)33)11-15(12-2-4-13(5-3-12)19(26)27)18(20(39)34-22)38-21(40)35-36-37-38/h2-7,10,19,36-37H,1,8-9,11H2,(H,34,39)(H,35,40)/t22-/m0/s1. The van der Waals surface area contributed by atoms with Gasteiger partial charge in [0.15, 0.2) is 5.54 Å². The number of urea groups is 1. The highest BCUT2D eigenvalue weighted by molar-refractivity contribution is 6.06. The fourth-order valence-electron chi connectivity index (χ4n) is 4.37. The summed E-state index contributed by atoms with van der Waals surface area (Å²) in [5.41, 5.74) is 0.335. The smallest absolute Gasteiger partial charge is 0.416 e. The van der Waals surface area contributed by atoms with Gasteiger partial charge in [-0.1, -0.05) is 24.3 Å². The number of nitrogens with zero attached hydrogens (tertiary/aromatic N) is 1. The lowest BCUT2D eigenvalue weighted by molar-refractivity contribution is -0.203. The van der Waals surface area contributed by atoms with Crippen molar-refractivity contribution in [3.8, 4) is 5.75 Å². The highest BCUT2D eigenvalue weighted by atomic mass is 19.4. The highest BCUT2D eigenvalue weighted by Crippen LogP contribution is 2.49. The van der Waals surface area contributed by atoms with Crippen molar-refractivity contribution in [2.45, 2.75) is 43.6 Å². The van der Waals surface area contributed by atoms with Crippen molar-refractivity contribution in [3.63, 3.8) is 0 Å². The minimum absolute atomic E-state index is 0.139. The Morgan fingerprint density at radius 1 is 1.00 bits per heavy atom. The van der Waals surface area contributed by atoms with Gasteiger partial charge in [-0.3, -0.25) is 10.2 Å². The average molecular weight is 597 g/mol. The van der Waals surface area contributed by atoms with E-state index < -0.39 is 90.3 Å². The molecule has 1 saturated heterocycles. The van der Waals surface area contributed by atoms with Crippen LogP contribution in [-0.4, -0.2) is 35.9 Å². The van der Waals surface area contributed by atoms with E-state index in [0.29, 0.717) is 17.1 Å². The van der Waals surface area contributed by atoms with Gasteiger partial charge in [-0.25, -0.2) is 23.0 Å². The molecule has 2 aromatic rings. The van der Waals surface area contributed by atoms with Crippen molar-refractivity contribution in [1.82, 2.24) is 26.8 Å². The van der Waals surface area contributed by atoms with Gasteiger partial charge < -0.3 is 10.1 Å². The summed E-state index contributed by atoms with van der Waals surface area (Å²) in [6.45, 7) is -0.497. The third-order valence-electron chi connectivity index (χ3n) is 6.30. The van der Waals surface area contributed by atoms with E-state index in [2.05, 4.69) is 16.5 Å². The number of nitrogens with one attached hydrogen (secondary N) is 4. The van der Waals surface area contributed by atoms with Gasteiger partial charge in [0.25, 0.3) is 12.3 Å². The van der Waals surface area contributed by atoms with Crippen LogP contribution in [0.15, 0.2) is 48.2 Å². The predicted molar refractivity (Wildman–Crippen MR) is 123 cm³/mol. The largest absolute Gasteiger partial charge is 0.493 e. The molecular formula is C24H20F9N5O3. The van der Waals surface area contributed by atoms with E-state index in [0.717, 1.165) is 30.3 Å². The van der Waals surface area contributed by atoms with E-state index in [1.54, 1.807) is 5.32 Å². The number of ether oxygens (including phenoxy) is 1. The summed E-state index contributed by atoms with van der Waals surface area (Å²) in [5, 5.41) is 2.31. The molecule has 4 rings (SSSR count). The zero-order chi connectivity index (χ0) is 30.2. The number of amides is 3. The Labute approximate surface area is 225 Å². The van der Waals surface area contributed by atoms with Crippen LogP contribution in [-0.2, 0) is 10.3 Å².